The number of esters is 1. The van der Waals surface area contributed by atoms with Crippen molar-refractivity contribution in [2.75, 3.05) is 19.7 Å². The minimum absolute atomic E-state index is 0.231. The fraction of sp³-hybridized carbons (Fsp3) is 0.474. The summed E-state index contributed by atoms with van der Waals surface area (Å²) in [4.78, 5) is 51.0. The number of aromatic nitrogens is 2. The molecule has 0 bridgehead atoms. The van der Waals surface area contributed by atoms with E-state index in [2.05, 4.69) is 0 Å². The van der Waals surface area contributed by atoms with Gasteiger partial charge in [0.1, 0.15) is 6.54 Å². The number of hydrogen-bond donors (Lipinski definition) is 0. The van der Waals surface area contributed by atoms with Gasteiger partial charge in [-0.05, 0) is 31.9 Å². The number of piperidine rings is 1. The molecule has 1 atom stereocenters. The van der Waals surface area contributed by atoms with Crippen LogP contribution in [0.1, 0.15) is 19.8 Å². The maximum atomic E-state index is 12.8. The molecule has 2 aromatic rings. The molecule has 1 aliphatic rings. The molecule has 1 saturated heterocycles. The molecule has 1 aliphatic heterocycles. The van der Waals surface area contributed by atoms with Gasteiger partial charge in [0.2, 0.25) is 5.91 Å². The van der Waals surface area contributed by atoms with Gasteiger partial charge in [-0.3, -0.25) is 23.7 Å². The van der Waals surface area contributed by atoms with Crippen molar-refractivity contribution in [1.82, 2.24) is 14.0 Å². The van der Waals surface area contributed by atoms with E-state index in [4.69, 9.17) is 4.74 Å². The van der Waals surface area contributed by atoms with E-state index < -0.39 is 11.1 Å². The van der Waals surface area contributed by atoms with Crippen LogP contribution in [0.5, 0.6) is 0 Å². The summed E-state index contributed by atoms with van der Waals surface area (Å²) in [6.07, 6.45) is 1.37. The van der Waals surface area contributed by atoms with Crippen LogP contribution in [0.3, 0.4) is 0 Å². The number of carbonyl (C=O) groups excluding carboxylic acids is 2. The van der Waals surface area contributed by atoms with Gasteiger partial charge in [0, 0.05) is 20.1 Å². The van der Waals surface area contributed by atoms with Crippen LogP contribution >= 0.6 is 0 Å². The largest absolute Gasteiger partial charge is 0.466 e. The summed E-state index contributed by atoms with van der Waals surface area (Å²) in [5, 5.41) is 0. The Morgan fingerprint density at radius 3 is 2.56 bits per heavy atom. The third-order valence-corrected chi connectivity index (χ3v) is 4.95. The molecular formula is C19H23N3O5. The van der Waals surface area contributed by atoms with E-state index in [9.17, 15) is 19.2 Å². The van der Waals surface area contributed by atoms with Crippen LogP contribution in [0, 0.1) is 5.92 Å². The minimum atomic E-state index is -0.733. The Morgan fingerprint density at radius 2 is 1.85 bits per heavy atom. The Kier molecular flexibility index (Phi) is 5.43. The second-order valence-corrected chi connectivity index (χ2v) is 6.68. The van der Waals surface area contributed by atoms with Crippen molar-refractivity contribution in [3.63, 3.8) is 0 Å². The zero-order valence-corrected chi connectivity index (χ0v) is 15.5. The number of hydrogen-bond acceptors (Lipinski definition) is 5. The van der Waals surface area contributed by atoms with Crippen molar-refractivity contribution in [3.05, 3.63) is 45.0 Å². The van der Waals surface area contributed by atoms with Gasteiger partial charge in [0.05, 0.1) is 23.6 Å². The second kappa shape index (κ2) is 7.77. The van der Waals surface area contributed by atoms with Crippen LogP contribution in [-0.2, 0) is 27.9 Å². The predicted octanol–water partition coefficient (Wildman–Crippen LogP) is 0.502. The number of amides is 1. The molecule has 3 rings (SSSR count). The molecule has 8 nitrogen and oxygen atoms in total. The summed E-state index contributed by atoms with van der Waals surface area (Å²) in [6.45, 7) is 2.61. The van der Waals surface area contributed by atoms with Gasteiger partial charge in [-0.2, -0.15) is 0 Å². The highest BCUT2D eigenvalue weighted by Crippen LogP contribution is 2.19. The van der Waals surface area contributed by atoms with Crippen LogP contribution in [0.4, 0.5) is 0 Å². The van der Waals surface area contributed by atoms with Crippen LogP contribution in [0.15, 0.2) is 33.9 Å². The number of aryl methyl sites for hydroxylation is 1. The lowest BCUT2D eigenvalue weighted by atomic mass is 9.98. The first kappa shape index (κ1) is 18.9. The van der Waals surface area contributed by atoms with Crippen LogP contribution in [0.25, 0.3) is 11.0 Å². The van der Waals surface area contributed by atoms with Gasteiger partial charge < -0.3 is 14.2 Å². The monoisotopic (exact) mass is 373 g/mol. The van der Waals surface area contributed by atoms with E-state index in [1.165, 1.54) is 16.2 Å². The van der Waals surface area contributed by atoms with E-state index >= 15 is 0 Å². The smallest absolute Gasteiger partial charge is 0.317 e. The number of fused-ring (bicyclic) bond motifs is 1. The highest BCUT2D eigenvalue weighted by atomic mass is 16.5. The van der Waals surface area contributed by atoms with Crippen molar-refractivity contribution in [1.29, 1.82) is 0 Å². The molecule has 1 unspecified atom stereocenters. The maximum absolute atomic E-state index is 12.8. The van der Waals surface area contributed by atoms with Crippen molar-refractivity contribution < 1.29 is 14.3 Å². The number of rotatable bonds is 4. The maximum Gasteiger partial charge on any atom is 0.317 e. The zero-order chi connectivity index (χ0) is 19.6. The van der Waals surface area contributed by atoms with Crippen LogP contribution in [-0.4, -0.2) is 45.6 Å². The lowest BCUT2D eigenvalue weighted by Crippen LogP contribution is -2.47. The van der Waals surface area contributed by atoms with Crippen molar-refractivity contribution in [2.24, 2.45) is 13.0 Å². The molecule has 0 saturated carbocycles. The summed E-state index contributed by atoms with van der Waals surface area (Å²) in [5.41, 5.74) is -0.303. The van der Waals surface area contributed by atoms with Crippen LogP contribution < -0.4 is 11.1 Å². The molecule has 0 N–H and O–H groups in total. The SMILES string of the molecule is CCOC(=O)C1CCCN(C(=O)Cn2c(=O)c(=O)n(C)c3ccccc32)C1. The summed E-state index contributed by atoms with van der Waals surface area (Å²) in [6, 6.07) is 6.97. The Balaban J connectivity index is 1.87. The molecule has 8 heteroatoms. The first-order valence-corrected chi connectivity index (χ1v) is 9.07. The van der Waals surface area contributed by atoms with Gasteiger partial charge in [0.15, 0.2) is 0 Å². The van der Waals surface area contributed by atoms with Crippen molar-refractivity contribution in [2.45, 2.75) is 26.3 Å². The van der Waals surface area contributed by atoms with Crippen LogP contribution in [0.2, 0.25) is 0 Å². The third-order valence-electron chi connectivity index (χ3n) is 4.95. The normalized spacial score (nSPS) is 17.1. The molecular weight excluding hydrogens is 350 g/mol. The van der Waals surface area contributed by atoms with E-state index in [1.54, 1.807) is 36.1 Å². The first-order chi connectivity index (χ1) is 12.9. The number of carbonyl (C=O) groups is 2. The summed E-state index contributed by atoms with van der Waals surface area (Å²) < 4.78 is 7.56. The number of likely N-dealkylation sites (tertiary alicyclic amines) is 1. The first-order valence-electron chi connectivity index (χ1n) is 9.07. The molecule has 2 heterocycles. The number of ether oxygens (including phenoxy) is 1. The van der Waals surface area contributed by atoms with Gasteiger partial charge in [-0.15, -0.1) is 0 Å². The third kappa shape index (κ3) is 3.65. The van der Waals surface area contributed by atoms with Gasteiger partial charge in [0.25, 0.3) is 0 Å². The Labute approximate surface area is 156 Å². The average Bonchev–Trinajstić information content (AvgIpc) is 2.69. The fourth-order valence-corrected chi connectivity index (χ4v) is 3.50. The van der Waals surface area contributed by atoms with E-state index in [0.717, 1.165) is 0 Å². The van der Waals surface area contributed by atoms with Gasteiger partial charge in [-0.1, -0.05) is 12.1 Å². The predicted molar refractivity (Wildman–Crippen MR) is 99.4 cm³/mol. The topological polar surface area (TPSA) is 90.6 Å². The zero-order valence-electron chi connectivity index (χ0n) is 15.5. The highest BCUT2D eigenvalue weighted by molar-refractivity contribution is 5.81. The molecule has 0 aliphatic carbocycles. The van der Waals surface area contributed by atoms with Gasteiger partial charge in [-0.25, -0.2) is 0 Å². The summed E-state index contributed by atoms with van der Waals surface area (Å²) >= 11 is 0. The second-order valence-electron chi connectivity index (χ2n) is 6.68. The standard InChI is InChI=1S/C19H23N3O5/c1-3-27-19(26)13-7-6-10-21(11-13)16(23)12-22-15-9-5-4-8-14(15)20(2)17(24)18(22)25/h4-5,8-9,13H,3,6-7,10-12H2,1-2H3. The van der Waals surface area contributed by atoms with Crippen molar-refractivity contribution >= 4 is 22.9 Å². The Bertz CT molecular complexity index is 991. The lowest BCUT2D eigenvalue weighted by molar-refractivity contribution is -0.151. The average molecular weight is 373 g/mol. The molecule has 144 valence electrons. The summed E-state index contributed by atoms with van der Waals surface area (Å²) in [5.74, 6) is -0.935. The molecule has 1 aromatic heterocycles. The number of benzene rings is 1. The van der Waals surface area contributed by atoms with E-state index in [0.29, 0.717) is 37.0 Å². The number of nitrogens with zero attached hydrogens (tertiary/aromatic N) is 3. The molecule has 1 amide bonds. The summed E-state index contributed by atoms with van der Waals surface area (Å²) in [7, 11) is 1.53. The number of para-hydroxylation sites is 2. The molecule has 1 fully saturated rings. The Hall–Kier alpha value is -2.90. The fourth-order valence-electron chi connectivity index (χ4n) is 3.50. The molecule has 0 spiro atoms. The van der Waals surface area contributed by atoms with Crippen molar-refractivity contribution in [3.8, 4) is 0 Å². The quantitative estimate of drug-likeness (QED) is 0.575. The molecule has 0 radical (unpaired) electrons. The Morgan fingerprint density at radius 1 is 1.15 bits per heavy atom. The van der Waals surface area contributed by atoms with Gasteiger partial charge >= 0.3 is 17.1 Å². The van der Waals surface area contributed by atoms with E-state index in [-0.39, 0.29) is 30.9 Å². The molecule has 27 heavy (non-hydrogen) atoms. The van der Waals surface area contributed by atoms with E-state index in [1.807, 2.05) is 0 Å². The minimum Gasteiger partial charge on any atom is -0.466 e. The highest BCUT2D eigenvalue weighted by Gasteiger charge is 2.29. The molecule has 1 aromatic carbocycles. The lowest BCUT2D eigenvalue weighted by Gasteiger charge is -2.31.